The highest BCUT2D eigenvalue weighted by atomic mass is 16.6. The van der Waals surface area contributed by atoms with E-state index in [1.807, 2.05) is 32.9 Å². The van der Waals surface area contributed by atoms with Crippen molar-refractivity contribution < 1.29 is 9.53 Å². The summed E-state index contributed by atoms with van der Waals surface area (Å²) in [6, 6.07) is 7.22. The molecule has 3 N–H and O–H groups in total. The molecule has 0 amide bonds. The standard InChI is InChI=1S/C13H20N2O2/c1-13(2,3)17-12(16)10-5-4-6-11(9-10)15-8-7-14/h4-6,9,15H,7-8,14H2,1-3H3. The Kier molecular flexibility index (Phi) is 4.52. The van der Waals surface area contributed by atoms with E-state index in [1.165, 1.54) is 0 Å². The molecule has 0 aliphatic heterocycles. The predicted molar refractivity (Wildman–Crippen MR) is 69.2 cm³/mol. The van der Waals surface area contributed by atoms with Gasteiger partial charge in [0.25, 0.3) is 0 Å². The second kappa shape index (κ2) is 5.68. The molecule has 94 valence electrons. The topological polar surface area (TPSA) is 64.3 Å². The molecule has 1 rings (SSSR count). The lowest BCUT2D eigenvalue weighted by Crippen LogP contribution is -2.24. The summed E-state index contributed by atoms with van der Waals surface area (Å²) in [5.41, 5.74) is 6.35. The normalized spacial score (nSPS) is 11.1. The number of nitrogens with two attached hydrogens (primary N) is 1. The number of hydrogen-bond acceptors (Lipinski definition) is 4. The second-order valence-electron chi connectivity index (χ2n) is 4.80. The number of carbonyl (C=O) groups is 1. The highest BCUT2D eigenvalue weighted by Crippen LogP contribution is 2.15. The molecule has 4 nitrogen and oxygen atoms in total. The van der Waals surface area contributed by atoms with Gasteiger partial charge in [0.05, 0.1) is 5.56 Å². The van der Waals surface area contributed by atoms with Crippen LogP contribution in [0.15, 0.2) is 24.3 Å². The molecule has 17 heavy (non-hydrogen) atoms. The van der Waals surface area contributed by atoms with E-state index in [9.17, 15) is 4.79 Å². The first-order valence-electron chi connectivity index (χ1n) is 5.70. The number of esters is 1. The minimum atomic E-state index is -0.474. The van der Waals surface area contributed by atoms with Gasteiger partial charge in [-0.05, 0) is 39.0 Å². The van der Waals surface area contributed by atoms with Crippen LogP contribution in [0.2, 0.25) is 0 Å². The van der Waals surface area contributed by atoms with Crippen molar-refractivity contribution >= 4 is 11.7 Å². The maximum absolute atomic E-state index is 11.8. The fraction of sp³-hybridized carbons (Fsp3) is 0.462. The van der Waals surface area contributed by atoms with E-state index < -0.39 is 5.60 Å². The first-order valence-corrected chi connectivity index (χ1v) is 5.70. The Hall–Kier alpha value is -1.55. The fourth-order valence-corrected chi connectivity index (χ4v) is 1.31. The maximum atomic E-state index is 11.8. The van der Waals surface area contributed by atoms with E-state index in [2.05, 4.69) is 5.32 Å². The molecule has 1 aromatic carbocycles. The van der Waals surface area contributed by atoms with Crippen LogP contribution in [-0.2, 0) is 4.74 Å². The summed E-state index contributed by atoms with van der Waals surface area (Å²) < 4.78 is 5.29. The quantitative estimate of drug-likeness (QED) is 0.785. The summed E-state index contributed by atoms with van der Waals surface area (Å²) in [6.07, 6.45) is 0. The Bertz CT molecular complexity index is 383. The Balaban J connectivity index is 2.74. The second-order valence-corrected chi connectivity index (χ2v) is 4.80. The van der Waals surface area contributed by atoms with Crippen LogP contribution in [0, 0.1) is 0 Å². The Morgan fingerprint density at radius 3 is 2.71 bits per heavy atom. The number of anilines is 1. The summed E-state index contributed by atoms with van der Waals surface area (Å²) in [5.74, 6) is -0.311. The number of rotatable bonds is 4. The van der Waals surface area contributed by atoms with Gasteiger partial charge in [-0.3, -0.25) is 0 Å². The molecule has 1 aromatic rings. The lowest BCUT2D eigenvalue weighted by atomic mass is 10.1. The summed E-state index contributed by atoms with van der Waals surface area (Å²) >= 11 is 0. The molecule has 0 fully saturated rings. The molecule has 0 saturated heterocycles. The van der Waals surface area contributed by atoms with E-state index in [1.54, 1.807) is 12.1 Å². The molecular formula is C13H20N2O2. The van der Waals surface area contributed by atoms with Crippen molar-refractivity contribution in [1.29, 1.82) is 0 Å². The smallest absolute Gasteiger partial charge is 0.338 e. The number of benzene rings is 1. The summed E-state index contributed by atoms with van der Waals surface area (Å²) in [7, 11) is 0. The van der Waals surface area contributed by atoms with Crippen molar-refractivity contribution in [3.05, 3.63) is 29.8 Å². The van der Waals surface area contributed by atoms with Crippen molar-refractivity contribution in [3.63, 3.8) is 0 Å². The molecule has 0 unspecified atom stereocenters. The zero-order valence-electron chi connectivity index (χ0n) is 10.6. The number of nitrogens with one attached hydrogen (secondary N) is 1. The molecule has 0 aliphatic rings. The molecule has 0 bridgehead atoms. The Morgan fingerprint density at radius 2 is 2.12 bits per heavy atom. The van der Waals surface area contributed by atoms with Gasteiger partial charge in [-0.25, -0.2) is 4.79 Å². The molecular weight excluding hydrogens is 216 g/mol. The highest BCUT2D eigenvalue weighted by Gasteiger charge is 2.17. The molecule has 0 atom stereocenters. The van der Waals surface area contributed by atoms with Gasteiger partial charge in [0.2, 0.25) is 0 Å². The van der Waals surface area contributed by atoms with Crippen LogP contribution in [-0.4, -0.2) is 24.7 Å². The van der Waals surface area contributed by atoms with Gasteiger partial charge in [-0.1, -0.05) is 6.07 Å². The van der Waals surface area contributed by atoms with E-state index >= 15 is 0 Å². The van der Waals surface area contributed by atoms with Crippen molar-refractivity contribution in [2.75, 3.05) is 18.4 Å². The van der Waals surface area contributed by atoms with Gasteiger partial charge in [0, 0.05) is 18.8 Å². The van der Waals surface area contributed by atoms with Crippen LogP contribution in [0.25, 0.3) is 0 Å². The predicted octanol–water partition coefficient (Wildman–Crippen LogP) is 2.01. The van der Waals surface area contributed by atoms with Gasteiger partial charge < -0.3 is 15.8 Å². The van der Waals surface area contributed by atoms with Crippen LogP contribution >= 0.6 is 0 Å². The van der Waals surface area contributed by atoms with E-state index in [0.717, 1.165) is 5.69 Å². The summed E-state index contributed by atoms with van der Waals surface area (Å²) in [6.45, 7) is 6.78. The Morgan fingerprint density at radius 1 is 1.41 bits per heavy atom. The van der Waals surface area contributed by atoms with Crippen LogP contribution in [0.3, 0.4) is 0 Å². The van der Waals surface area contributed by atoms with Gasteiger partial charge in [0.1, 0.15) is 5.60 Å². The zero-order valence-corrected chi connectivity index (χ0v) is 10.6. The van der Waals surface area contributed by atoms with E-state index in [0.29, 0.717) is 18.7 Å². The molecule has 0 radical (unpaired) electrons. The fourth-order valence-electron chi connectivity index (χ4n) is 1.31. The minimum absolute atomic E-state index is 0.311. The first kappa shape index (κ1) is 13.5. The minimum Gasteiger partial charge on any atom is -0.456 e. The lowest BCUT2D eigenvalue weighted by molar-refractivity contribution is 0.00696. The largest absolute Gasteiger partial charge is 0.456 e. The third-order valence-corrected chi connectivity index (χ3v) is 1.97. The van der Waals surface area contributed by atoms with Crippen molar-refractivity contribution in [1.82, 2.24) is 0 Å². The monoisotopic (exact) mass is 236 g/mol. The average molecular weight is 236 g/mol. The molecule has 4 heteroatoms. The van der Waals surface area contributed by atoms with E-state index in [-0.39, 0.29) is 5.97 Å². The number of hydrogen-bond donors (Lipinski definition) is 2. The maximum Gasteiger partial charge on any atom is 0.338 e. The third kappa shape index (κ3) is 4.87. The Labute approximate surface area is 102 Å². The van der Waals surface area contributed by atoms with Crippen LogP contribution in [0.4, 0.5) is 5.69 Å². The SMILES string of the molecule is CC(C)(C)OC(=O)c1cccc(NCCN)c1. The van der Waals surface area contributed by atoms with Crippen LogP contribution in [0.5, 0.6) is 0 Å². The van der Waals surface area contributed by atoms with Crippen molar-refractivity contribution in [3.8, 4) is 0 Å². The summed E-state index contributed by atoms with van der Waals surface area (Å²) in [4.78, 5) is 11.8. The zero-order chi connectivity index (χ0) is 12.9. The molecule has 0 spiro atoms. The van der Waals surface area contributed by atoms with Crippen LogP contribution in [0.1, 0.15) is 31.1 Å². The average Bonchev–Trinajstić information content (AvgIpc) is 2.24. The van der Waals surface area contributed by atoms with Gasteiger partial charge in [-0.15, -0.1) is 0 Å². The first-order chi connectivity index (χ1) is 7.92. The molecule has 0 heterocycles. The third-order valence-electron chi connectivity index (χ3n) is 1.97. The van der Waals surface area contributed by atoms with Crippen molar-refractivity contribution in [2.45, 2.75) is 26.4 Å². The molecule has 0 saturated carbocycles. The lowest BCUT2D eigenvalue weighted by Gasteiger charge is -2.19. The van der Waals surface area contributed by atoms with E-state index in [4.69, 9.17) is 10.5 Å². The highest BCUT2D eigenvalue weighted by molar-refractivity contribution is 5.90. The molecule has 0 aliphatic carbocycles. The van der Waals surface area contributed by atoms with Crippen LogP contribution < -0.4 is 11.1 Å². The summed E-state index contributed by atoms with van der Waals surface area (Å²) in [5, 5.41) is 3.12. The number of ether oxygens (including phenoxy) is 1. The van der Waals surface area contributed by atoms with Gasteiger partial charge >= 0.3 is 5.97 Å². The van der Waals surface area contributed by atoms with Gasteiger partial charge in [-0.2, -0.15) is 0 Å². The van der Waals surface area contributed by atoms with Gasteiger partial charge in [0.15, 0.2) is 0 Å². The van der Waals surface area contributed by atoms with Crippen molar-refractivity contribution in [2.24, 2.45) is 5.73 Å². The molecule has 0 aromatic heterocycles. The number of carbonyl (C=O) groups excluding carboxylic acids is 1.